The van der Waals surface area contributed by atoms with Crippen LogP contribution in [0.3, 0.4) is 0 Å². The summed E-state index contributed by atoms with van der Waals surface area (Å²) >= 11 is 8.03. The van der Waals surface area contributed by atoms with E-state index in [1.165, 1.54) is 5.56 Å². The minimum atomic E-state index is 0.106. The Balaban J connectivity index is 2.09. The molecule has 2 atom stereocenters. The fourth-order valence-corrected chi connectivity index (χ4v) is 3.54. The Morgan fingerprint density at radius 1 is 1.05 bits per heavy atom. The molecule has 100 valence electrons. The third-order valence-electron chi connectivity index (χ3n) is 2.98. The fraction of sp³-hybridized carbons (Fsp3) is 0.250. The summed E-state index contributed by atoms with van der Waals surface area (Å²) in [7, 11) is 0. The molecule has 0 bridgehead atoms. The molecular weight excluding hydrogens is 274 g/mol. The van der Waals surface area contributed by atoms with Crippen LogP contribution in [0, 0.1) is 0 Å². The first-order chi connectivity index (χ1) is 9.18. The van der Waals surface area contributed by atoms with Crippen LogP contribution in [0.15, 0.2) is 54.6 Å². The third kappa shape index (κ3) is 4.00. The first-order valence-electron chi connectivity index (χ1n) is 6.34. The van der Waals surface area contributed by atoms with E-state index >= 15 is 0 Å². The topological polar surface area (TPSA) is 26.0 Å². The second-order valence-electron chi connectivity index (χ2n) is 4.59. The van der Waals surface area contributed by atoms with Crippen molar-refractivity contribution in [2.75, 3.05) is 0 Å². The van der Waals surface area contributed by atoms with Gasteiger partial charge in [-0.3, -0.25) is 0 Å². The second kappa shape index (κ2) is 6.99. The summed E-state index contributed by atoms with van der Waals surface area (Å²) in [5.74, 6) is 0.876. The van der Waals surface area contributed by atoms with Crippen molar-refractivity contribution in [1.29, 1.82) is 0 Å². The van der Waals surface area contributed by atoms with Gasteiger partial charge >= 0.3 is 0 Å². The van der Waals surface area contributed by atoms with Crippen LogP contribution >= 0.6 is 23.4 Å². The molecular formula is C16H18ClNS. The van der Waals surface area contributed by atoms with Gasteiger partial charge in [0.2, 0.25) is 0 Å². The van der Waals surface area contributed by atoms with E-state index in [2.05, 4.69) is 37.3 Å². The Morgan fingerprint density at radius 2 is 1.68 bits per heavy atom. The van der Waals surface area contributed by atoms with Crippen molar-refractivity contribution in [2.45, 2.75) is 24.0 Å². The van der Waals surface area contributed by atoms with Gasteiger partial charge in [-0.05, 0) is 24.1 Å². The summed E-state index contributed by atoms with van der Waals surface area (Å²) < 4.78 is 0. The van der Waals surface area contributed by atoms with Crippen molar-refractivity contribution in [1.82, 2.24) is 0 Å². The van der Waals surface area contributed by atoms with Crippen LogP contribution in [-0.4, -0.2) is 6.04 Å². The average Bonchev–Trinajstić information content (AvgIpc) is 2.42. The van der Waals surface area contributed by atoms with Crippen LogP contribution in [0.5, 0.6) is 0 Å². The van der Waals surface area contributed by atoms with Crippen LogP contribution in [0.4, 0.5) is 0 Å². The summed E-state index contributed by atoms with van der Waals surface area (Å²) in [5.41, 5.74) is 8.55. The lowest BCUT2D eigenvalue weighted by atomic mass is 10.1. The van der Waals surface area contributed by atoms with Gasteiger partial charge in [0.1, 0.15) is 0 Å². The maximum Gasteiger partial charge on any atom is 0.0448 e. The van der Waals surface area contributed by atoms with Crippen molar-refractivity contribution < 1.29 is 0 Å². The summed E-state index contributed by atoms with van der Waals surface area (Å²) in [6.45, 7) is 2.05. The lowest BCUT2D eigenvalue weighted by Crippen LogP contribution is -2.22. The largest absolute Gasteiger partial charge is 0.327 e. The van der Waals surface area contributed by atoms with Gasteiger partial charge in [0.15, 0.2) is 0 Å². The van der Waals surface area contributed by atoms with Gasteiger partial charge in [-0.15, -0.1) is 11.8 Å². The summed E-state index contributed by atoms with van der Waals surface area (Å²) in [6, 6.07) is 18.5. The molecule has 3 heteroatoms. The van der Waals surface area contributed by atoms with E-state index < -0.39 is 0 Å². The number of hydrogen-bond acceptors (Lipinski definition) is 2. The zero-order chi connectivity index (χ0) is 13.7. The van der Waals surface area contributed by atoms with Gasteiger partial charge in [0, 0.05) is 22.1 Å². The van der Waals surface area contributed by atoms with Crippen LogP contribution in [-0.2, 0) is 5.75 Å². The molecule has 19 heavy (non-hydrogen) atoms. The Labute approximate surface area is 124 Å². The highest BCUT2D eigenvalue weighted by Gasteiger charge is 2.16. The first-order valence-corrected chi connectivity index (χ1v) is 7.76. The molecule has 0 saturated heterocycles. The second-order valence-corrected chi connectivity index (χ2v) is 6.13. The van der Waals surface area contributed by atoms with Crippen molar-refractivity contribution >= 4 is 23.4 Å². The van der Waals surface area contributed by atoms with Gasteiger partial charge in [0.25, 0.3) is 0 Å². The molecule has 0 aliphatic rings. The molecule has 0 heterocycles. The molecule has 2 N–H and O–H groups in total. The lowest BCUT2D eigenvalue weighted by Gasteiger charge is -2.21. The SMILES string of the molecule is CC(N)C(SCc1ccccc1Cl)c1ccccc1. The van der Waals surface area contributed by atoms with Crippen LogP contribution < -0.4 is 5.73 Å². The van der Waals surface area contributed by atoms with Gasteiger partial charge < -0.3 is 5.73 Å². The minimum absolute atomic E-state index is 0.106. The number of benzene rings is 2. The highest BCUT2D eigenvalue weighted by atomic mass is 35.5. The Hall–Kier alpha value is -0.960. The Kier molecular flexibility index (Phi) is 5.32. The standard InChI is InChI=1S/C16H18ClNS/c1-12(18)16(13-7-3-2-4-8-13)19-11-14-9-5-6-10-15(14)17/h2-10,12,16H,11,18H2,1H3. The number of rotatable bonds is 5. The monoisotopic (exact) mass is 291 g/mol. The highest BCUT2D eigenvalue weighted by Crippen LogP contribution is 2.34. The molecule has 0 aliphatic heterocycles. The van der Waals surface area contributed by atoms with Crippen molar-refractivity contribution in [3.05, 3.63) is 70.7 Å². The summed E-state index contributed by atoms with van der Waals surface area (Å²) in [4.78, 5) is 0. The van der Waals surface area contributed by atoms with Crippen molar-refractivity contribution in [3.63, 3.8) is 0 Å². The molecule has 2 unspecified atom stereocenters. The van der Waals surface area contributed by atoms with E-state index in [0.717, 1.165) is 16.3 Å². The van der Waals surface area contributed by atoms with E-state index in [-0.39, 0.29) is 11.3 Å². The van der Waals surface area contributed by atoms with Crippen LogP contribution in [0.1, 0.15) is 23.3 Å². The van der Waals surface area contributed by atoms with E-state index in [4.69, 9.17) is 17.3 Å². The maximum atomic E-state index is 6.19. The van der Waals surface area contributed by atoms with Crippen molar-refractivity contribution in [2.24, 2.45) is 5.73 Å². The Bertz CT molecular complexity index is 513. The molecule has 1 nitrogen and oxygen atoms in total. The van der Waals surface area contributed by atoms with E-state index in [0.29, 0.717) is 0 Å². The zero-order valence-electron chi connectivity index (χ0n) is 10.9. The summed E-state index contributed by atoms with van der Waals surface area (Å²) in [6.07, 6.45) is 0. The average molecular weight is 292 g/mol. The quantitative estimate of drug-likeness (QED) is 0.867. The predicted molar refractivity (Wildman–Crippen MR) is 85.6 cm³/mol. The highest BCUT2D eigenvalue weighted by molar-refractivity contribution is 7.98. The third-order valence-corrected chi connectivity index (χ3v) is 4.89. The van der Waals surface area contributed by atoms with Gasteiger partial charge in [-0.2, -0.15) is 0 Å². The molecule has 0 saturated carbocycles. The fourth-order valence-electron chi connectivity index (χ4n) is 1.99. The lowest BCUT2D eigenvalue weighted by molar-refractivity contribution is 0.721. The molecule has 2 rings (SSSR count). The number of halogens is 1. The first kappa shape index (κ1) is 14.4. The summed E-state index contributed by atoms with van der Waals surface area (Å²) in [5, 5.41) is 1.11. The smallest absolute Gasteiger partial charge is 0.0448 e. The molecule has 0 aromatic heterocycles. The molecule has 0 aliphatic carbocycles. The van der Waals surface area contributed by atoms with Gasteiger partial charge in [-0.25, -0.2) is 0 Å². The van der Waals surface area contributed by atoms with Crippen LogP contribution in [0.2, 0.25) is 5.02 Å². The molecule has 0 radical (unpaired) electrons. The molecule has 0 amide bonds. The molecule has 2 aromatic carbocycles. The van der Waals surface area contributed by atoms with E-state index in [9.17, 15) is 0 Å². The minimum Gasteiger partial charge on any atom is -0.327 e. The molecule has 2 aromatic rings. The van der Waals surface area contributed by atoms with E-state index in [1.54, 1.807) is 0 Å². The number of nitrogens with two attached hydrogens (primary N) is 1. The normalized spacial score (nSPS) is 14.1. The van der Waals surface area contributed by atoms with Crippen molar-refractivity contribution in [3.8, 4) is 0 Å². The van der Waals surface area contributed by atoms with E-state index in [1.807, 2.05) is 36.0 Å². The van der Waals surface area contributed by atoms with Gasteiger partial charge in [-0.1, -0.05) is 60.1 Å². The molecule has 0 fully saturated rings. The number of thioether (sulfide) groups is 1. The van der Waals surface area contributed by atoms with Crippen LogP contribution in [0.25, 0.3) is 0 Å². The predicted octanol–water partition coefficient (Wildman–Crippen LogP) is 4.66. The Morgan fingerprint density at radius 3 is 2.32 bits per heavy atom. The number of hydrogen-bond donors (Lipinski definition) is 1. The maximum absolute atomic E-state index is 6.19. The zero-order valence-corrected chi connectivity index (χ0v) is 12.5. The molecule has 0 spiro atoms. The van der Waals surface area contributed by atoms with Gasteiger partial charge in [0.05, 0.1) is 0 Å².